The Morgan fingerprint density at radius 1 is 1.43 bits per heavy atom. The summed E-state index contributed by atoms with van der Waals surface area (Å²) < 4.78 is 1.83. The normalized spacial score (nSPS) is 20.3. The molecule has 5 heteroatoms. The van der Waals surface area contributed by atoms with E-state index in [4.69, 9.17) is 0 Å². The number of aromatic nitrogens is 2. The van der Waals surface area contributed by atoms with E-state index in [1.165, 1.54) is 24.1 Å². The standard InChI is InChI=1S/C16H26N4O/c1-11(12-6-8-17-9-7-12)10-15(21)18-16-13-4-3-5-14(13)19-20(16)2/h11-12,17H,3-10H2,1-2H3,(H,18,21). The molecule has 1 unspecified atom stereocenters. The van der Waals surface area contributed by atoms with Crippen LogP contribution in [0.25, 0.3) is 0 Å². The fourth-order valence-electron chi connectivity index (χ4n) is 3.73. The first-order chi connectivity index (χ1) is 10.1. The molecule has 1 fully saturated rings. The van der Waals surface area contributed by atoms with E-state index in [9.17, 15) is 4.79 Å². The molecule has 0 spiro atoms. The molecule has 1 amide bonds. The van der Waals surface area contributed by atoms with Gasteiger partial charge in [0.05, 0.1) is 5.69 Å². The van der Waals surface area contributed by atoms with Gasteiger partial charge in [-0.15, -0.1) is 0 Å². The highest BCUT2D eigenvalue weighted by atomic mass is 16.1. The Morgan fingerprint density at radius 3 is 2.95 bits per heavy atom. The van der Waals surface area contributed by atoms with E-state index in [0.29, 0.717) is 18.3 Å². The van der Waals surface area contributed by atoms with Crippen LogP contribution in [0, 0.1) is 11.8 Å². The highest BCUT2D eigenvalue weighted by Crippen LogP contribution is 2.29. The molecule has 0 bridgehead atoms. The van der Waals surface area contributed by atoms with Gasteiger partial charge in [-0.05, 0) is 57.0 Å². The van der Waals surface area contributed by atoms with Crippen LogP contribution in [0.5, 0.6) is 0 Å². The fourth-order valence-corrected chi connectivity index (χ4v) is 3.73. The zero-order valence-electron chi connectivity index (χ0n) is 13.1. The van der Waals surface area contributed by atoms with Crippen LogP contribution in [0.15, 0.2) is 0 Å². The van der Waals surface area contributed by atoms with Gasteiger partial charge in [-0.1, -0.05) is 6.92 Å². The monoisotopic (exact) mass is 290 g/mol. The number of aryl methyl sites for hydroxylation is 2. The van der Waals surface area contributed by atoms with Crippen molar-refractivity contribution in [3.8, 4) is 0 Å². The molecule has 1 aromatic heterocycles. The van der Waals surface area contributed by atoms with Gasteiger partial charge in [0.25, 0.3) is 0 Å². The minimum atomic E-state index is 0.138. The average molecular weight is 290 g/mol. The molecule has 0 saturated carbocycles. The number of carbonyl (C=O) groups excluding carboxylic acids is 1. The van der Waals surface area contributed by atoms with E-state index in [1.807, 2.05) is 11.7 Å². The number of hydrogen-bond donors (Lipinski definition) is 2. The van der Waals surface area contributed by atoms with E-state index < -0.39 is 0 Å². The Bertz CT molecular complexity index is 517. The fraction of sp³-hybridized carbons (Fsp3) is 0.750. The number of nitrogens with one attached hydrogen (secondary N) is 2. The number of piperidine rings is 1. The average Bonchev–Trinajstić information content (AvgIpc) is 3.03. The Balaban J connectivity index is 1.59. The second-order valence-corrected chi connectivity index (χ2v) is 6.57. The molecular weight excluding hydrogens is 264 g/mol. The van der Waals surface area contributed by atoms with E-state index in [1.54, 1.807) is 0 Å². The molecule has 116 valence electrons. The number of rotatable bonds is 4. The quantitative estimate of drug-likeness (QED) is 0.890. The van der Waals surface area contributed by atoms with Gasteiger partial charge >= 0.3 is 0 Å². The first-order valence-corrected chi connectivity index (χ1v) is 8.20. The summed E-state index contributed by atoms with van der Waals surface area (Å²) in [5, 5.41) is 11.0. The second kappa shape index (κ2) is 6.18. The predicted molar refractivity (Wildman–Crippen MR) is 83.2 cm³/mol. The number of hydrogen-bond acceptors (Lipinski definition) is 3. The molecule has 2 N–H and O–H groups in total. The maximum atomic E-state index is 12.3. The van der Waals surface area contributed by atoms with Crippen LogP contribution in [0.4, 0.5) is 5.82 Å². The van der Waals surface area contributed by atoms with Crippen molar-refractivity contribution in [1.29, 1.82) is 0 Å². The third kappa shape index (κ3) is 3.12. The Morgan fingerprint density at radius 2 is 2.19 bits per heavy atom. The van der Waals surface area contributed by atoms with Crippen molar-refractivity contribution in [3.63, 3.8) is 0 Å². The van der Waals surface area contributed by atoms with E-state index in [2.05, 4.69) is 22.7 Å². The van der Waals surface area contributed by atoms with Crippen LogP contribution in [0.1, 0.15) is 43.9 Å². The second-order valence-electron chi connectivity index (χ2n) is 6.57. The SMILES string of the molecule is CC(CC(=O)Nc1c2c(nn1C)CCC2)C1CCNCC1. The maximum Gasteiger partial charge on any atom is 0.225 e. The molecule has 0 radical (unpaired) electrons. The molecule has 1 aromatic rings. The van der Waals surface area contributed by atoms with Crippen molar-refractivity contribution in [3.05, 3.63) is 11.3 Å². The summed E-state index contributed by atoms with van der Waals surface area (Å²) in [6, 6.07) is 0. The van der Waals surface area contributed by atoms with Gasteiger partial charge in [0.15, 0.2) is 0 Å². The van der Waals surface area contributed by atoms with Gasteiger partial charge in [-0.2, -0.15) is 5.10 Å². The van der Waals surface area contributed by atoms with Crippen molar-refractivity contribution in [2.24, 2.45) is 18.9 Å². The molecule has 0 aromatic carbocycles. The molecule has 1 atom stereocenters. The lowest BCUT2D eigenvalue weighted by molar-refractivity contribution is -0.117. The first kappa shape index (κ1) is 14.6. The molecule has 21 heavy (non-hydrogen) atoms. The van der Waals surface area contributed by atoms with Crippen molar-refractivity contribution in [2.75, 3.05) is 18.4 Å². The Labute approximate surface area is 126 Å². The summed E-state index contributed by atoms with van der Waals surface area (Å²) in [7, 11) is 1.92. The molecule has 2 aliphatic rings. The summed E-state index contributed by atoms with van der Waals surface area (Å²) in [6.07, 6.45) is 6.25. The van der Waals surface area contributed by atoms with Crippen molar-refractivity contribution >= 4 is 11.7 Å². The smallest absolute Gasteiger partial charge is 0.225 e. The van der Waals surface area contributed by atoms with Gasteiger partial charge in [-0.3, -0.25) is 9.48 Å². The summed E-state index contributed by atoms with van der Waals surface area (Å²) in [5.41, 5.74) is 2.42. The molecule has 1 saturated heterocycles. The van der Waals surface area contributed by atoms with Gasteiger partial charge in [0, 0.05) is 19.0 Å². The molecular formula is C16H26N4O. The number of anilines is 1. The maximum absolute atomic E-state index is 12.3. The highest BCUT2D eigenvalue weighted by Gasteiger charge is 2.25. The van der Waals surface area contributed by atoms with Crippen LogP contribution in [0.2, 0.25) is 0 Å². The minimum absolute atomic E-state index is 0.138. The number of fused-ring (bicyclic) bond motifs is 1. The Kier molecular flexibility index (Phi) is 4.29. The predicted octanol–water partition coefficient (Wildman–Crippen LogP) is 1.87. The lowest BCUT2D eigenvalue weighted by Gasteiger charge is -2.27. The van der Waals surface area contributed by atoms with Crippen LogP contribution in [-0.4, -0.2) is 28.8 Å². The zero-order valence-corrected chi connectivity index (χ0v) is 13.1. The van der Waals surface area contributed by atoms with E-state index in [0.717, 1.165) is 38.2 Å². The van der Waals surface area contributed by atoms with Gasteiger partial charge < -0.3 is 10.6 Å². The topological polar surface area (TPSA) is 59.0 Å². The highest BCUT2D eigenvalue weighted by molar-refractivity contribution is 5.91. The van der Waals surface area contributed by atoms with Gasteiger partial charge in [0.1, 0.15) is 5.82 Å². The molecule has 1 aliphatic heterocycles. The summed E-state index contributed by atoms with van der Waals surface area (Å²) in [6.45, 7) is 4.39. The zero-order chi connectivity index (χ0) is 14.8. The van der Waals surface area contributed by atoms with Crippen molar-refractivity contribution in [1.82, 2.24) is 15.1 Å². The lowest BCUT2D eigenvalue weighted by atomic mass is 9.84. The van der Waals surface area contributed by atoms with Crippen molar-refractivity contribution in [2.45, 2.75) is 45.4 Å². The summed E-state index contributed by atoms with van der Waals surface area (Å²) in [5.74, 6) is 2.19. The van der Waals surface area contributed by atoms with Crippen LogP contribution >= 0.6 is 0 Å². The van der Waals surface area contributed by atoms with E-state index in [-0.39, 0.29) is 5.91 Å². The number of amides is 1. The molecule has 2 heterocycles. The van der Waals surface area contributed by atoms with Crippen LogP contribution in [-0.2, 0) is 24.7 Å². The Hall–Kier alpha value is -1.36. The van der Waals surface area contributed by atoms with Crippen LogP contribution < -0.4 is 10.6 Å². The molecule has 5 nitrogen and oxygen atoms in total. The van der Waals surface area contributed by atoms with Gasteiger partial charge in [-0.25, -0.2) is 0 Å². The largest absolute Gasteiger partial charge is 0.317 e. The molecule has 3 rings (SSSR count). The van der Waals surface area contributed by atoms with Crippen molar-refractivity contribution < 1.29 is 4.79 Å². The van der Waals surface area contributed by atoms with E-state index >= 15 is 0 Å². The molecule has 1 aliphatic carbocycles. The minimum Gasteiger partial charge on any atom is -0.317 e. The third-order valence-electron chi connectivity index (χ3n) is 5.02. The van der Waals surface area contributed by atoms with Gasteiger partial charge in [0.2, 0.25) is 5.91 Å². The lowest BCUT2D eigenvalue weighted by Crippen LogP contribution is -2.32. The first-order valence-electron chi connectivity index (χ1n) is 8.20. The summed E-state index contributed by atoms with van der Waals surface area (Å²) in [4.78, 5) is 12.3. The third-order valence-corrected chi connectivity index (χ3v) is 5.02. The van der Waals surface area contributed by atoms with Crippen LogP contribution in [0.3, 0.4) is 0 Å². The number of carbonyl (C=O) groups is 1. The summed E-state index contributed by atoms with van der Waals surface area (Å²) >= 11 is 0. The number of nitrogens with zero attached hydrogens (tertiary/aromatic N) is 2.